The summed E-state index contributed by atoms with van der Waals surface area (Å²) in [6.45, 7) is 3.96. The van der Waals surface area contributed by atoms with Crippen LogP contribution in [0.4, 0.5) is 0 Å². The van der Waals surface area contributed by atoms with E-state index in [9.17, 15) is 4.79 Å². The van der Waals surface area contributed by atoms with Crippen molar-refractivity contribution in [3.05, 3.63) is 11.6 Å². The first-order valence-corrected chi connectivity index (χ1v) is 4.14. The largest absolute Gasteiger partial charge is 0.478 e. The van der Waals surface area contributed by atoms with Crippen molar-refractivity contribution in [3.8, 4) is 0 Å². The normalized spacial score (nSPS) is 11.6. The third-order valence-corrected chi connectivity index (χ3v) is 1.60. The summed E-state index contributed by atoms with van der Waals surface area (Å²) in [5.74, 6) is -0.774. The molecule has 2 nitrogen and oxygen atoms in total. The Hall–Kier alpha value is -0.790. The van der Waals surface area contributed by atoms with E-state index >= 15 is 0 Å². The van der Waals surface area contributed by atoms with E-state index in [0.717, 1.165) is 19.3 Å². The number of carboxylic acids is 1. The maximum Gasteiger partial charge on any atom is 0.331 e. The van der Waals surface area contributed by atoms with Crippen LogP contribution in [0.5, 0.6) is 0 Å². The van der Waals surface area contributed by atoms with Gasteiger partial charge in [-0.1, -0.05) is 32.8 Å². The predicted molar refractivity (Wildman–Crippen MR) is 45.5 cm³/mol. The summed E-state index contributed by atoms with van der Waals surface area (Å²) < 4.78 is 0. The summed E-state index contributed by atoms with van der Waals surface area (Å²) >= 11 is 0. The van der Waals surface area contributed by atoms with Crippen LogP contribution in [0.3, 0.4) is 0 Å². The Balaban J connectivity index is 3.81. The molecule has 0 amide bonds. The molecule has 0 aromatic rings. The highest BCUT2D eigenvalue weighted by Gasteiger charge is 2.01. The zero-order chi connectivity index (χ0) is 8.69. The van der Waals surface area contributed by atoms with Crippen LogP contribution in [0.2, 0.25) is 0 Å². The molecule has 0 aliphatic carbocycles. The molecule has 0 saturated heterocycles. The van der Waals surface area contributed by atoms with E-state index in [0.29, 0.717) is 12.0 Å². The minimum Gasteiger partial charge on any atom is -0.478 e. The summed E-state index contributed by atoms with van der Waals surface area (Å²) in [7, 11) is 0. The predicted octanol–water partition coefficient (Wildman–Crippen LogP) is 2.60. The molecule has 0 spiro atoms. The molecule has 0 rings (SSSR count). The molecule has 0 aliphatic heterocycles. The van der Waals surface area contributed by atoms with E-state index in [1.165, 1.54) is 0 Å². The minimum absolute atomic E-state index is 0.540. The zero-order valence-electron chi connectivity index (χ0n) is 7.26. The van der Waals surface area contributed by atoms with Crippen molar-refractivity contribution >= 4 is 5.97 Å². The van der Waals surface area contributed by atoms with Crippen LogP contribution in [0.25, 0.3) is 0 Å². The second-order valence-electron chi connectivity index (χ2n) is 2.53. The van der Waals surface area contributed by atoms with Crippen molar-refractivity contribution in [2.24, 2.45) is 0 Å². The first-order chi connectivity index (χ1) is 5.22. The lowest BCUT2D eigenvalue weighted by atomic mass is 10.1. The SMILES string of the molecule is CCCC/C=C(\CC)C(=O)O. The molecule has 0 saturated carbocycles. The molecule has 0 radical (unpaired) electrons. The minimum atomic E-state index is -0.774. The molecule has 0 heterocycles. The van der Waals surface area contributed by atoms with Crippen LogP contribution in [-0.4, -0.2) is 11.1 Å². The fraction of sp³-hybridized carbons (Fsp3) is 0.667. The zero-order valence-corrected chi connectivity index (χ0v) is 7.26. The molecule has 2 heteroatoms. The second kappa shape index (κ2) is 5.96. The molecule has 0 aromatic carbocycles. The van der Waals surface area contributed by atoms with Crippen LogP contribution in [0.1, 0.15) is 39.5 Å². The van der Waals surface area contributed by atoms with Crippen molar-refractivity contribution in [1.82, 2.24) is 0 Å². The van der Waals surface area contributed by atoms with Gasteiger partial charge in [-0.15, -0.1) is 0 Å². The highest BCUT2D eigenvalue weighted by Crippen LogP contribution is 2.04. The van der Waals surface area contributed by atoms with Gasteiger partial charge >= 0.3 is 5.97 Å². The molecule has 0 unspecified atom stereocenters. The number of unbranched alkanes of at least 4 members (excludes halogenated alkanes) is 2. The highest BCUT2D eigenvalue weighted by atomic mass is 16.4. The van der Waals surface area contributed by atoms with Crippen LogP contribution in [0.15, 0.2) is 11.6 Å². The summed E-state index contributed by atoms with van der Waals surface area (Å²) in [6.07, 6.45) is 5.54. The van der Waals surface area contributed by atoms with E-state index in [1.807, 2.05) is 13.0 Å². The standard InChI is InChI=1S/C9H16O2/c1-3-5-6-7-8(4-2)9(10)11/h7H,3-6H2,1-2H3,(H,10,11)/b8-7+. The molecule has 64 valence electrons. The van der Waals surface area contributed by atoms with Gasteiger partial charge < -0.3 is 5.11 Å². The van der Waals surface area contributed by atoms with E-state index < -0.39 is 5.97 Å². The Morgan fingerprint density at radius 1 is 1.45 bits per heavy atom. The van der Waals surface area contributed by atoms with Gasteiger partial charge in [-0.2, -0.15) is 0 Å². The van der Waals surface area contributed by atoms with Gasteiger partial charge in [0.15, 0.2) is 0 Å². The quantitative estimate of drug-likeness (QED) is 0.490. The Bertz CT molecular complexity index is 148. The first kappa shape index (κ1) is 10.2. The molecular weight excluding hydrogens is 140 g/mol. The smallest absolute Gasteiger partial charge is 0.331 e. The number of hydrogen-bond acceptors (Lipinski definition) is 1. The fourth-order valence-corrected chi connectivity index (χ4v) is 0.863. The molecule has 0 aromatic heterocycles. The van der Waals surface area contributed by atoms with E-state index in [1.54, 1.807) is 0 Å². The second-order valence-corrected chi connectivity index (χ2v) is 2.53. The number of hydrogen-bond donors (Lipinski definition) is 1. The number of carboxylic acid groups (broad SMARTS) is 1. The van der Waals surface area contributed by atoms with Gasteiger partial charge in [0.25, 0.3) is 0 Å². The van der Waals surface area contributed by atoms with Crippen molar-refractivity contribution in [2.75, 3.05) is 0 Å². The third-order valence-electron chi connectivity index (χ3n) is 1.60. The van der Waals surface area contributed by atoms with Gasteiger partial charge in [0.05, 0.1) is 0 Å². The molecule has 0 fully saturated rings. The molecule has 1 N–H and O–H groups in total. The monoisotopic (exact) mass is 156 g/mol. The molecule has 0 atom stereocenters. The lowest BCUT2D eigenvalue weighted by Gasteiger charge is -1.96. The van der Waals surface area contributed by atoms with E-state index in [2.05, 4.69) is 6.92 Å². The van der Waals surface area contributed by atoms with Gasteiger partial charge in [0.1, 0.15) is 0 Å². The molecule has 0 bridgehead atoms. The van der Waals surface area contributed by atoms with Gasteiger partial charge in [-0.25, -0.2) is 4.79 Å². The van der Waals surface area contributed by atoms with Crippen LogP contribution >= 0.6 is 0 Å². The lowest BCUT2D eigenvalue weighted by Crippen LogP contribution is -1.98. The summed E-state index contributed by atoms with van der Waals surface area (Å²) in [5.41, 5.74) is 0.540. The topological polar surface area (TPSA) is 37.3 Å². The Kier molecular flexibility index (Phi) is 5.53. The number of rotatable bonds is 5. The number of carbonyl (C=O) groups is 1. The van der Waals surface area contributed by atoms with Gasteiger partial charge in [0, 0.05) is 5.57 Å². The highest BCUT2D eigenvalue weighted by molar-refractivity contribution is 5.86. The number of allylic oxidation sites excluding steroid dienone is 1. The van der Waals surface area contributed by atoms with Gasteiger partial charge in [-0.05, 0) is 12.8 Å². The Morgan fingerprint density at radius 3 is 2.45 bits per heavy atom. The maximum absolute atomic E-state index is 10.5. The fourth-order valence-electron chi connectivity index (χ4n) is 0.863. The Labute approximate surface area is 67.9 Å². The molecule has 0 aliphatic rings. The average molecular weight is 156 g/mol. The maximum atomic E-state index is 10.5. The van der Waals surface area contributed by atoms with Gasteiger partial charge in [0.2, 0.25) is 0 Å². The molecule has 11 heavy (non-hydrogen) atoms. The third kappa shape index (κ3) is 4.59. The van der Waals surface area contributed by atoms with Gasteiger partial charge in [-0.3, -0.25) is 0 Å². The van der Waals surface area contributed by atoms with Crippen LogP contribution in [-0.2, 0) is 4.79 Å². The van der Waals surface area contributed by atoms with Crippen molar-refractivity contribution in [3.63, 3.8) is 0 Å². The van der Waals surface area contributed by atoms with Crippen LogP contribution in [0, 0.1) is 0 Å². The van der Waals surface area contributed by atoms with E-state index in [4.69, 9.17) is 5.11 Å². The van der Waals surface area contributed by atoms with E-state index in [-0.39, 0.29) is 0 Å². The average Bonchev–Trinajstić information content (AvgIpc) is 1.97. The van der Waals surface area contributed by atoms with Crippen molar-refractivity contribution < 1.29 is 9.90 Å². The summed E-state index contributed by atoms with van der Waals surface area (Å²) in [5, 5.41) is 8.60. The molecular formula is C9H16O2. The summed E-state index contributed by atoms with van der Waals surface area (Å²) in [6, 6.07) is 0. The lowest BCUT2D eigenvalue weighted by molar-refractivity contribution is -0.132. The van der Waals surface area contributed by atoms with Crippen molar-refractivity contribution in [1.29, 1.82) is 0 Å². The number of aliphatic carboxylic acids is 1. The Morgan fingerprint density at radius 2 is 2.09 bits per heavy atom. The first-order valence-electron chi connectivity index (χ1n) is 4.14. The van der Waals surface area contributed by atoms with Crippen LogP contribution < -0.4 is 0 Å². The van der Waals surface area contributed by atoms with Crippen molar-refractivity contribution in [2.45, 2.75) is 39.5 Å². The summed E-state index contributed by atoms with van der Waals surface area (Å²) in [4.78, 5) is 10.5.